The molecule has 0 unspecified atom stereocenters. The third kappa shape index (κ3) is 4.30. The van der Waals surface area contributed by atoms with Crippen LogP contribution < -0.4 is 5.32 Å². The van der Waals surface area contributed by atoms with Crippen molar-refractivity contribution in [1.29, 1.82) is 0 Å². The molecular formula is C16H14BrNO5S. The molecule has 0 radical (unpaired) electrons. The Morgan fingerprint density at radius 2 is 1.54 bits per heavy atom. The summed E-state index contributed by atoms with van der Waals surface area (Å²) < 4.78 is 0.588. The number of phenols is 5. The molecule has 0 saturated carbocycles. The minimum absolute atomic E-state index is 0.229. The van der Waals surface area contributed by atoms with Gasteiger partial charge in [-0.1, -0.05) is 34.2 Å². The van der Waals surface area contributed by atoms with Crippen LogP contribution >= 0.6 is 28.1 Å². The predicted octanol–water partition coefficient (Wildman–Crippen LogP) is 3.11. The number of aromatic hydroxyl groups is 5. The molecule has 0 aliphatic rings. The van der Waals surface area contributed by atoms with Gasteiger partial charge in [0, 0.05) is 11.0 Å². The van der Waals surface area contributed by atoms with E-state index < -0.39 is 17.2 Å². The number of hydrogen-bond donors (Lipinski definition) is 6. The van der Waals surface area contributed by atoms with Gasteiger partial charge >= 0.3 is 0 Å². The quantitative estimate of drug-likeness (QED) is 0.260. The van der Waals surface area contributed by atoms with Crippen molar-refractivity contribution in [3.05, 3.63) is 45.9 Å². The molecule has 24 heavy (non-hydrogen) atoms. The van der Waals surface area contributed by atoms with Crippen molar-refractivity contribution in [3.63, 3.8) is 0 Å². The van der Waals surface area contributed by atoms with Gasteiger partial charge < -0.3 is 30.8 Å². The number of thiocarbonyl (C=S) groups is 1. The fraction of sp³-hybridized carbons (Fsp3) is 0.0625. The first-order valence-electron chi connectivity index (χ1n) is 6.69. The minimum atomic E-state index is -0.571. The number of benzene rings is 2. The zero-order chi connectivity index (χ0) is 17.9. The second-order valence-electron chi connectivity index (χ2n) is 4.90. The van der Waals surface area contributed by atoms with E-state index in [0.717, 1.165) is 0 Å². The zero-order valence-electron chi connectivity index (χ0n) is 12.2. The van der Waals surface area contributed by atoms with Crippen molar-refractivity contribution in [2.45, 2.75) is 6.54 Å². The molecule has 0 saturated heterocycles. The Morgan fingerprint density at radius 3 is 2.17 bits per heavy atom. The lowest BCUT2D eigenvalue weighted by Crippen LogP contribution is -2.18. The maximum atomic E-state index is 9.50. The van der Waals surface area contributed by atoms with Crippen LogP contribution in [0.3, 0.4) is 0 Å². The van der Waals surface area contributed by atoms with Gasteiger partial charge in [0.2, 0.25) is 0 Å². The average molecular weight is 412 g/mol. The molecule has 0 spiro atoms. The molecule has 0 bridgehead atoms. The van der Waals surface area contributed by atoms with Crippen LogP contribution in [0.5, 0.6) is 28.7 Å². The van der Waals surface area contributed by atoms with Gasteiger partial charge in [-0.3, -0.25) is 0 Å². The molecule has 126 valence electrons. The van der Waals surface area contributed by atoms with Gasteiger partial charge in [0.1, 0.15) is 0 Å². The monoisotopic (exact) mass is 411 g/mol. The van der Waals surface area contributed by atoms with Gasteiger partial charge in [-0.15, -0.1) is 0 Å². The summed E-state index contributed by atoms with van der Waals surface area (Å²) in [7, 11) is 0. The van der Waals surface area contributed by atoms with Gasteiger partial charge in [0.25, 0.3) is 0 Å². The molecule has 0 aliphatic heterocycles. The first-order chi connectivity index (χ1) is 11.3. The number of rotatable bonds is 4. The second-order valence-corrected chi connectivity index (χ2v) is 6.19. The Balaban J connectivity index is 2.02. The van der Waals surface area contributed by atoms with Crippen LogP contribution in [0.25, 0.3) is 6.08 Å². The van der Waals surface area contributed by atoms with Crippen molar-refractivity contribution in [3.8, 4) is 28.7 Å². The molecule has 0 amide bonds. The fourth-order valence-electron chi connectivity index (χ4n) is 1.87. The highest BCUT2D eigenvalue weighted by atomic mass is 79.9. The summed E-state index contributed by atoms with van der Waals surface area (Å²) in [6, 6.07) is 5.37. The third-order valence-electron chi connectivity index (χ3n) is 3.10. The topological polar surface area (TPSA) is 113 Å². The number of phenolic OH excluding ortho intramolecular Hbond substituents is 5. The lowest BCUT2D eigenvalue weighted by Gasteiger charge is -2.08. The molecule has 2 rings (SSSR count). The van der Waals surface area contributed by atoms with Gasteiger partial charge in [-0.05, 0) is 41.5 Å². The normalized spacial score (nSPS) is 10.9. The Bertz CT molecular complexity index is 799. The summed E-state index contributed by atoms with van der Waals surface area (Å²) in [5, 5.41) is 49.9. The van der Waals surface area contributed by atoms with Crippen LogP contribution in [-0.4, -0.2) is 30.5 Å². The predicted molar refractivity (Wildman–Crippen MR) is 97.4 cm³/mol. The van der Waals surface area contributed by atoms with E-state index in [0.29, 0.717) is 20.6 Å². The van der Waals surface area contributed by atoms with Crippen molar-refractivity contribution >= 4 is 39.2 Å². The Kier molecular flexibility index (Phi) is 5.53. The summed E-state index contributed by atoms with van der Waals surface area (Å²) in [6.45, 7) is 0.229. The molecule has 0 aliphatic carbocycles. The summed E-state index contributed by atoms with van der Waals surface area (Å²) in [5.74, 6) is -1.88. The van der Waals surface area contributed by atoms with E-state index in [1.807, 2.05) is 0 Å². The zero-order valence-corrected chi connectivity index (χ0v) is 14.6. The molecule has 6 N–H and O–H groups in total. The van der Waals surface area contributed by atoms with Gasteiger partial charge in [-0.2, -0.15) is 0 Å². The summed E-state index contributed by atoms with van der Waals surface area (Å²) in [6.07, 6.45) is 3.23. The van der Waals surface area contributed by atoms with Crippen molar-refractivity contribution in [1.82, 2.24) is 5.32 Å². The molecular weight excluding hydrogens is 398 g/mol. The summed E-state index contributed by atoms with van der Waals surface area (Å²) >= 11 is 8.41. The smallest absolute Gasteiger partial charge is 0.200 e. The lowest BCUT2D eigenvalue weighted by molar-refractivity contribution is 0.367. The first-order valence-corrected chi connectivity index (χ1v) is 7.89. The van der Waals surface area contributed by atoms with E-state index in [4.69, 9.17) is 12.2 Å². The first kappa shape index (κ1) is 17.9. The Morgan fingerprint density at radius 1 is 0.958 bits per heavy atom. The molecule has 8 heteroatoms. The van der Waals surface area contributed by atoms with Crippen LogP contribution in [0.2, 0.25) is 0 Å². The highest BCUT2D eigenvalue weighted by molar-refractivity contribution is 9.10. The Hall–Kier alpha value is -2.45. The van der Waals surface area contributed by atoms with Crippen LogP contribution in [0.4, 0.5) is 0 Å². The molecule has 0 aromatic heterocycles. The summed E-state index contributed by atoms with van der Waals surface area (Å²) in [5.41, 5.74) is 1.15. The highest BCUT2D eigenvalue weighted by Gasteiger charge is 2.08. The van der Waals surface area contributed by atoms with Gasteiger partial charge in [-0.25, -0.2) is 0 Å². The third-order valence-corrected chi connectivity index (χ3v) is 4.07. The minimum Gasteiger partial charge on any atom is -0.504 e. The van der Waals surface area contributed by atoms with Crippen LogP contribution in [-0.2, 0) is 6.54 Å². The summed E-state index contributed by atoms with van der Waals surface area (Å²) in [4.78, 5) is 0.376. The van der Waals surface area contributed by atoms with Crippen molar-refractivity contribution < 1.29 is 25.5 Å². The number of nitrogens with one attached hydrogen (secondary N) is 1. The maximum absolute atomic E-state index is 9.50. The van der Waals surface area contributed by atoms with E-state index in [-0.39, 0.29) is 18.0 Å². The van der Waals surface area contributed by atoms with E-state index in [1.165, 1.54) is 24.3 Å². The fourth-order valence-corrected chi connectivity index (χ4v) is 2.48. The maximum Gasteiger partial charge on any atom is 0.200 e. The Labute approximate surface area is 151 Å². The molecule has 2 aromatic carbocycles. The van der Waals surface area contributed by atoms with E-state index in [9.17, 15) is 25.5 Å². The highest BCUT2D eigenvalue weighted by Crippen LogP contribution is 2.35. The van der Waals surface area contributed by atoms with Crippen LogP contribution in [0.15, 0.2) is 34.8 Å². The van der Waals surface area contributed by atoms with E-state index in [2.05, 4.69) is 21.2 Å². The number of hydrogen-bond acceptors (Lipinski definition) is 6. The molecule has 6 nitrogen and oxygen atoms in total. The molecule has 0 fully saturated rings. The standard InChI is InChI=1S/C16H14BrNO5S/c17-10-6-12(20)11(19)5-9(10)1-2-15(24)18-7-8-3-13(21)16(23)14(22)4-8/h1-6,19-23H,7H2,(H,18,24). The SMILES string of the molecule is Oc1cc(Br)c(C=CC(=S)NCc2cc(O)c(O)c(O)c2)cc1O. The second kappa shape index (κ2) is 7.41. The van der Waals surface area contributed by atoms with Gasteiger partial charge in [0.05, 0.1) is 4.99 Å². The van der Waals surface area contributed by atoms with E-state index >= 15 is 0 Å². The molecule has 0 atom stereocenters. The van der Waals surface area contributed by atoms with Crippen molar-refractivity contribution in [2.75, 3.05) is 0 Å². The number of halogens is 1. The van der Waals surface area contributed by atoms with Crippen LogP contribution in [0, 0.1) is 0 Å². The van der Waals surface area contributed by atoms with Crippen LogP contribution in [0.1, 0.15) is 11.1 Å². The lowest BCUT2D eigenvalue weighted by atomic mass is 10.1. The molecule has 2 aromatic rings. The molecule has 0 heterocycles. The van der Waals surface area contributed by atoms with Crippen molar-refractivity contribution in [2.24, 2.45) is 0 Å². The van der Waals surface area contributed by atoms with E-state index in [1.54, 1.807) is 12.2 Å². The largest absolute Gasteiger partial charge is 0.504 e. The average Bonchev–Trinajstić information content (AvgIpc) is 2.52. The van der Waals surface area contributed by atoms with Gasteiger partial charge in [0.15, 0.2) is 28.7 Å².